The summed E-state index contributed by atoms with van der Waals surface area (Å²) in [6.45, 7) is 0. The normalized spacial score (nSPS) is 11.6. The minimum Gasteiger partial charge on any atom is -0.255 e. The number of fused-ring (bicyclic) bond motifs is 17. The number of benzene rings is 13. The van der Waals surface area contributed by atoms with Gasteiger partial charge in [-0.25, -0.2) is 34.9 Å². The molecular weight excluding hydrogens is 1560 g/mol. The summed E-state index contributed by atoms with van der Waals surface area (Å²) in [5, 5.41) is 17.9. The average Bonchev–Trinajstić information content (AvgIpc) is 0.738. The first-order valence-electron chi connectivity index (χ1n) is 42.6. The summed E-state index contributed by atoms with van der Waals surface area (Å²) in [4.78, 5) is 62.9. The molecule has 13 aromatic heterocycles. The van der Waals surface area contributed by atoms with Gasteiger partial charge in [0.05, 0.1) is 112 Å². The minimum atomic E-state index is 0.850. The Morgan fingerprint density at radius 3 is 0.977 bits per heavy atom. The van der Waals surface area contributed by atoms with Crippen LogP contribution in [0.3, 0.4) is 0 Å². The Kier molecular flexibility index (Phi) is 18.2. The molecule has 594 valence electrons. The third-order valence-corrected chi connectivity index (χ3v) is 24.4. The van der Waals surface area contributed by atoms with Crippen LogP contribution in [0.5, 0.6) is 0 Å². The second kappa shape index (κ2) is 31.4. The fraction of sp³-hybridized carbons (Fsp3) is 0. The zero-order valence-corrected chi connectivity index (χ0v) is 68.7. The predicted octanol–water partition coefficient (Wildman–Crippen LogP) is 28.3. The summed E-state index contributed by atoms with van der Waals surface area (Å²) < 4.78 is 0. The summed E-state index contributed by atoms with van der Waals surface area (Å²) in [6.07, 6.45) is 10.9. The number of hydrogen-bond donors (Lipinski definition) is 0. The molecule has 26 aromatic rings. The van der Waals surface area contributed by atoms with Gasteiger partial charge in [0.25, 0.3) is 0 Å². The molecule has 13 heterocycles. The Balaban J connectivity index is 0.000000107. The molecule has 0 bridgehead atoms. The maximum atomic E-state index is 5.19. The van der Waals surface area contributed by atoms with Crippen LogP contribution in [0.25, 0.3) is 254 Å². The third-order valence-electron chi connectivity index (χ3n) is 24.4. The van der Waals surface area contributed by atoms with Gasteiger partial charge in [0.1, 0.15) is 0 Å². The zero-order chi connectivity index (χ0) is 84.5. The lowest BCUT2D eigenvalue weighted by Gasteiger charge is -2.16. The van der Waals surface area contributed by atoms with Crippen molar-refractivity contribution in [1.29, 1.82) is 0 Å². The van der Waals surface area contributed by atoms with E-state index in [0.29, 0.717) is 0 Å². The number of nitrogens with zero attached hydrogens (tertiary/aromatic N) is 13. The monoisotopic (exact) mass is 1630 g/mol. The summed E-state index contributed by atoms with van der Waals surface area (Å²) >= 11 is 0. The van der Waals surface area contributed by atoms with E-state index in [9.17, 15) is 0 Å². The van der Waals surface area contributed by atoms with Gasteiger partial charge >= 0.3 is 0 Å². The molecule has 26 rings (SSSR count). The highest BCUT2D eigenvalue weighted by Gasteiger charge is 2.22. The molecule has 13 nitrogen and oxygen atoms in total. The lowest BCUT2D eigenvalue weighted by Crippen LogP contribution is -1.94. The van der Waals surface area contributed by atoms with Crippen LogP contribution in [-0.2, 0) is 0 Å². The topological polar surface area (TPSA) is 168 Å². The molecule has 0 radical (unpaired) electrons. The molecule has 0 unspecified atom stereocenters. The van der Waals surface area contributed by atoms with Crippen molar-refractivity contribution in [3.05, 3.63) is 419 Å². The molecule has 0 aliphatic heterocycles. The molecule has 0 N–H and O–H groups in total. The van der Waals surface area contributed by atoms with Crippen LogP contribution in [0.2, 0.25) is 0 Å². The fourth-order valence-electron chi connectivity index (χ4n) is 18.3. The van der Waals surface area contributed by atoms with Gasteiger partial charge in [0.2, 0.25) is 0 Å². The highest BCUT2D eigenvalue weighted by atomic mass is 14.8. The summed E-state index contributed by atoms with van der Waals surface area (Å²) in [6, 6.07) is 132. The van der Waals surface area contributed by atoms with Crippen LogP contribution in [-0.4, -0.2) is 64.8 Å². The summed E-state index contributed by atoms with van der Waals surface area (Å²) in [5.41, 5.74) is 29.5. The van der Waals surface area contributed by atoms with E-state index in [1.54, 1.807) is 18.6 Å². The van der Waals surface area contributed by atoms with E-state index >= 15 is 0 Å². The highest BCUT2D eigenvalue weighted by Crippen LogP contribution is 2.46. The van der Waals surface area contributed by atoms with Crippen molar-refractivity contribution in [3.8, 4) is 101 Å². The number of para-hydroxylation sites is 3. The van der Waals surface area contributed by atoms with Crippen LogP contribution >= 0.6 is 0 Å². The zero-order valence-electron chi connectivity index (χ0n) is 68.7. The van der Waals surface area contributed by atoms with E-state index in [2.05, 4.69) is 299 Å². The molecule has 0 saturated carbocycles. The van der Waals surface area contributed by atoms with Crippen LogP contribution in [0, 0.1) is 0 Å². The van der Waals surface area contributed by atoms with E-state index in [0.717, 1.165) is 204 Å². The molecule has 128 heavy (non-hydrogen) atoms. The van der Waals surface area contributed by atoms with Gasteiger partial charge in [-0.05, 0) is 188 Å². The van der Waals surface area contributed by atoms with Crippen molar-refractivity contribution in [2.75, 3.05) is 0 Å². The van der Waals surface area contributed by atoms with E-state index in [1.807, 2.05) is 122 Å². The number of rotatable bonds is 9. The molecule has 0 aliphatic carbocycles. The van der Waals surface area contributed by atoms with Crippen LogP contribution in [0.15, 0.2) is 419 Å². The van der Waals surface area contributed by atoms with Gasteiger partial charge in [0, 0.05) is 124 Å². The first-order valence-corrected chi connectivity index (χ1v) is 42.6. The minimum absolute atomic E-state index is 0.850. The van der Waals surface area contributed by atoms with Gasteiger partial charge in [-0.2, -0.15) is 0 Å². The van der Waals surface area contributed by atoms with E-state index in [-0.39, 0.29) is 0 Å². The Morgan fingerprint density at radius 1 is 0.133 bits per heavy atom. The fourth-order valence-corrected chi connectivity index (χ4v) is 18.3. The first kappa shape index (κ1) is 74.3. The quantitative estimate of drug-likeness (QED) is 0.0990. The second-order valence-corrected chi connectivity index (χ2v) is 32.0. The van der Waals surface area contributed by atoms with E-state index in [4.69, 9.17) is 44.9 Å². The number of hydrogen-bond acceptors (Lipinski definition) is 13. The van der Waals surface area contributed by atoms with Gasteiger partial charge in [0.15, 0.2) is 0 Å². The summed E-state index contributed by atoms with van der Waals surface area (Å²) in [7, 11) is 0. The molecule has 0 amide bonds. The largest absolute Gasteiger partial charge is 0.255 e. The molecular formula is C115H69N13. The first-order chi connectivity index (χ1) is 63.4. The molecule has 0 spiro atoms. The highest BCUT2D eigenvalue weighted by molar-refractivity contribution is 6.22. The van der Waals surface area contributed by atoms with E-state index in [1.165, 1.54) is 49.4 Å². The summed E-state index contributed by atoms with van der Waals surface area (Å²) in [5.74, 6) is 0. The Morgan fingerprint density at radius 2 is 0.477 bits per heavy atom. The maximum Gasteiger partial charge on any atom is 0.0979 e. The molecule has 0 aliphatic rings. The van der Waals surface area contributed by atoms with Crippen molar-refractivity contribution in [1.82, 2.24) is 64.8 Å². The van der Waals surface area contributed by atoms with Crippen LogP contribution in [0.4, 0.5) is 0 Å². The van der Waals surface area contributed by atoms with Crippen LogP contribution < -0.4 is 0 Å². The number of pyridine rings is 13. The predicted molar refractivity (Wildman–Crippen MR) is 525 cm³/mol. The molecule has 0 fully saturated rings. The van der Waals surface area contributed by atoms with Crippen molar-refractivity contribution < 1.29 is 0 Å². The Hall–Kier alpha value is -17.6. The number of aromatic nitrogens is 13. The van der Waals surface area contributed by atoms with Crippen molar-refractivity contribution >= 4 is 152 Å². The molecule has 13 aromatic carbocycles. The second-order valence-electron chi connectivity index (χ2n) is 32.0. The standard InChI is InChI=1S/2C40H24N4.C35H21N5/c1-2-10-30-29(9-1)28(27-15-14-25-17-21-36(43-37(25)24-27)35-13-5-6-22-41-35)19-20-31(30)38-32-11-3-4-12-34(32)44-40-33(38)18-16-26-8-7-23-42-39(26)40;1-2-8-34-32(7-1)38(33-18-16-26-6-5-21-42-39(26)40(33)44-34)31-15-14-27-22-28(12-13-29(27)23-31)30-11-10-25-17-19-36(43-37(25)24-30)35-9-3-4-20-41-35;1-2-9-28-25(8-1)33(26-17-15-23-7-6-20-37-34(23)35(26)40-28)31-12-5-11-27(38-31)24-14-13-22-16-18-30(39-32(22)21-24)29-10-3-4-19-36-29/h2*1-24H;1-21H. The smallest absolute Gasteiger partial charge is 0.0979 e. The molecule has 13 heteroatoms. The molecule has 0 saturated heterocycles. The third kappa shape index (κ3) is 13.4. The van der Waals surface area contributed by atoms with Gasteiger partial charge in [-0.3, -0.25) is 29.9 Å². The van der Waals surface area contributed by atoms with Crippen LogP contribution in [0.1, 0.15) is 0 Å². The maximum absolute atomic E-state index is 5.19. The van der Waals surface area contributed by atoms with Crippen molar-refractivity contribution in [2.24, 2.45) is 0 Å². The van der Waals surface area contributed by atoms with Gasteiger partial charge in [-0.1, -0.05) is 249 Å². The lowest BCUT2D eigenvalue weighted by atomic mass is 9.88. The lowest BCUT2D eigenvalue weighted by molar-refractivity contribution is 1.27. The van der Waals surface area contributed by atoms with Gasteiger partial charge in [-0.15, -0.1) is 0 Å². The van der Waals surface area contributed by atoms with Crippen molar-refractivity contribution in [3.63, 3.8) is 0 Å². The molecule has 0 atom stereocenters. The Labute approximate surface area is 732 Å². The Bertz CT molecular complexity index is 8990. The SMILES string of the molecule is c1ccc(-c2ccc3ccc(-c4ccc(-c5c6ccccc6nc6c5ccc5cccnc56)c5ccccc45)cc3n2)nc1.c1ccc(-c2ccc3ccc(-c4ccc5cc(-c6c7ccccc7nc7c6ccc6cccnc67)ccc5c4)cc3n2)nc1.c1ccc(-c2ccc3ccc(-c4cccc(-c5c6ccccc6nc6c5ccc5cccnc56)n4)cc3n2)nc1. The van der Waals surface area contributed by atoms with Crippen molar-refractivity contribution in [2.45, 2.75) is 0 Å². The van der Waals surface area contributed by atoms with Gasteiger partial charge < -0.3 is 0 Å². The average molecular weight is 1630 g/mol. The van der Waals surface area contributed by atoms with E-state index < -0.39 is 0 Å².